The number of carbonyl (C=O) groups is 2. The molecule has 0 aliphatic carbocycles. The maximum absolute atomic E-state index is 12.3. The molecule has 0 aliphatic rings. The molecule has 2 heterocycles. The fraction of sp³-hybridized carbons (Fsp3) is 0.706. The van der Waals surface area contributed by atoms with Gasteiger partial charge in [-0.1, -0.05) is 36.9 Å². The van der Waals surface area contributed by atoms with Crippen LogP contribution in [-0.4, -0.2) is 62.2 Å². The predicted octanol–water partition coefficient (Wildman–Crippen LogP) is 2.98. The summed E-state index contributed by atoms with van der Waals surface area (Å²) < 4.78 is 7.74. The first-order valence-electron chi connectivity index (χ1n) is 9.01. The van der Waals surface area contributed by atoms with Crippen LogP contribution in [-0.2, 0) is 9.53 Å². The van der Waals surface area contributed by atoms with E-state index in [9.17, 15) is 9.59 Å². The standard InChI is InChI=1S/C17H28N6O3S2/c1-10(2)8-11(18-15(25)26-17(3,4)5)13-19-20-14-23(13)21-16(28-14)27-9-12(24)22(6)7/h10-11H,8-9H2,1-7H3,(H,18,25). The average molecular weight is 429 g/mol. The summed E-state index contributed by atoms with van der Waals surface area (Å²) in [4.78, 5) is 26.2. The highest BCUT2D eigenvalue weighted by Gasteiger charge is 2.26. The van der Waals surface area contributed by atoms with Gasteiger partial charge < -0.3 is 15.0 Å². The highest BCUT2D eigenvalue weighted by molar-refractivity contribution is 8.01. The fourth-order valence-electron chi connectivity index (χ4n) is 2.29. The molecule has 0 saturated carbocycles. The van der Waals surface area contributed by atoms with Crippen molar-refractivity contribution in [1.82, 2.24) is 30.0 Å². The summed E-state index contributed by atoms with van der Waals surface area (Å²) in [5, 5.41) is 15.8. The van der Waals surface area contributed by atoms with E-state index in [0.717, 1.165) is 4.34 Å². The summed E-state index contributed by atoms with van der Waals surface area (Å²) in [5.74, 6) is 1.19. The van der Waals surface area contributed by atoms with Crippen molar-refractivity contribution in [2.45, 2.75) is 57.0 Å². The van der Waals surface area contributed by atoms with E-state index in [1.807, 2.05) is 20.8 Å². The Balaban J connectivity index is 2.20. The van der Waals surface area contributed by atoms with Crippen LogP contribution in [0.15, 0.2) is 4.34 Å². The van der Waals surface area contributed by atoms with Gasteiger partial charge in [0.1, 0.15) is 5.60 Å². The number of nitrogens with zero attached hydrogens (tertiary/aromatic N) is 5. The van der Waals surface area contributed by atoms with Gasteiger partial charge in [0.25, 0.3) is 0 Å². The van der Waals surface area contributed by atoms with Crippen molar-refractivity contribution in [3.8, 4) is 0 Å². The van der Waals surface area contributed by atoms with E-state index in [-0.39, 0.29) is 11.9 Å². The van der Waals surface area contributed by atoms with E-state index in [4.69, 9.17) is 4.74 Å². The van der Waals surface area contributed by atoms with Crippen molar-refractivity contribution < 1.29 is 14.3 Å². The third-order valence-corrected chi connectivity index (χ3v) is 5.54. The Labute approximate surface area is 173 Å². The third kappa shape index (κ3) is 6.33. The van der Waals surface area contributed by atoms with Gasteiger partial charge in [0.05, 0.1) is 11.8 Å². The monoisotopic (exact) mass is 428 g/mol. The molecule has 2 rings (SSSR count). The molecule has 0 spiro atoms. The van der Waals surface area contributed by atoms with Crippen LogP contribution < -0.4 is 5.32 Å². The zero-order valence-corrected chi connectivity index (χ0v) is 19.0. The van der Waals surface area contributed by atoms with Gasteiger partial charge in [0.15, 0.2) is 10.2 Å². The summed E-state index contributed by atoms with van der Waals surface area (Å²) in [5.41, 5.74) is -0.587. The van der Waals surface area contributed by atoms with Crippen LogP contribution in [0, 0.1) is 5.92 Å². The highest BCUT2D eigenvalue weighted by Crippen LogP contribution is 2.28. The highest BCUT2D eigenvalue weighted by atomic mass is 32.2. The number of ether oxygens (including phenoxy) is 1. The summed E-state index contributed by atoms with van der Waals surface area (Å²) in [6.45, 7) is 9.59. The van der Waals surface area contributed by atoms with Crippen LogP contribution in [0.4, 0.5) is 4.79 Å². The second-order valence-electron chi connectivity index (χ2n) is 8.03. The molecule has 0 bridgehead atoms. The first-order chi connectivity index (χ1) is 13.0. The predicted molar refractivity (Wildman–Crippen MR) is 110 cm³/mol. The molecule has 2 aromatic heterocycles. The van der Waals surface area contributed by atoms with Gasteiger partial charge in [-0.3, -0.25) is 4.79 Å². The van der Waals surface area contributed by atoms with Crippen LogP contribution in [0.2, 0.25) is 0 Å². The topological polar surface area (TPSA) is 102 Å². The summed E-state index contributed by atoms with van der Waals surface area (Å²) >= 11 is 2.72. The number of aromatic nitrogens is 4. The number of fused-ring (bicyclic) bond motifs is 1. The van der Waals surface area contributed by atoms with Gasteiger partial charge in [-0.05, 0) is 33.1 Å². The number of nitrogens with one attached hydrogen (secondary N) is 1. The molecule has 2 aromatic rings. The molecule has 0 fully saturated rings. The Bertz CT molecular complexity index is 825. The molecular weight excluding hydrogens is 400 g/mol. The molecule has 2 amide bonds. The molecule has 9 nitrogen and oxygen atoms in total. The SMILES string of the molecule is CC(C)CC(NC(=O)OC(C)(C)C)c1nnc2sc(SCC(=O)N(C)C)nn12. The van der Waals surface area contributed by atoms with Crippen molar-refractivity contribution >= 4 is 40.1 Å². The molecule has 0 aromatic carbocycles. The van der Waals surface area contributed by atoms with Gasteiger partial charge in [-0.15, -0.1) is 15.3 Å². The summed E-state index contributed by atoms with van der Waals surface area (Å²) in [6, 6.07) is -0.381. The van der Waals surface area contributed by atoms with Gasteiger partial charge in [0, 0.05) is 14.1 Å². The van der Waals surface area contributed by atoms with Gasteiger partial charge >= 0.3 is 6.09 Å². The molecular formula is C17H28N6O3S2. The number of thioether (sulfide) groups is 1. The smallest absolute Gasteiger partial charge is 0.408 e. The Morgan fingerprint density at radius 2 is 1.96 bits per heavy atom. The molecule has 1 unspecified atom stereocenters. The van der Waals surface area contributed by atoms with Crippen molar-refractivity contribution in [3.05, 3.63) is 5.82 Å². The van der Waals surface area contributed by atoms with E-state index in [1.54, 1.807) is 23.5 Å². The Morgan fingerprint density at radius 1 is 1.29 bits per heavy atom. The number of hydrogen-bond acceptors (Lipinski definition) is 8. The Morgan fingerprint density at radius 3 is 2.54 bits per heavy atom. The number of carbonyl (C=O) groups excluding carboxylic acids is 2. The van der Waals surface area contributed by atoms with Crippen LogP contribution in [0.3, 0.4) is 0 Å². The molecule has 0 aliphatic heterocycles. The second-order valence-corrected chi connectivity index (χ2v) is 10.2. The zero-order chi connectivity index (χ0) is 21.1. The molecule has 156 valence electrons. The van der Waals surface area contributed by atoms with Crippen LogP contribution in [0.1, 0.15) is 52.9 Å². The van der Waals surface area contributed by atoms with Crippen LogP contribution >= 0.6 is 23.1 Å². The van der Waals surface area contributed by atoms with Crippen LogP contribution in [0.25, 0.3) is 4.96 Å². The fourth-order valence-corrected chi connectivity index (χ4v) is 4.15. The van der Waals surface area contributed by atoms with Gasteiger partial charge in [-0.2, -0.15) is 4.52 Å². The van der Waals surface area contributed by atoms with E-state index >= 15 is 0 Å². The normalized spacial score (nSPS) is 13.0. The van der Waals surface area contributed by atoms with Crippen molar-refractivity contribution in [2.75, 3.05) is 19.8 Å². The lowest BCUT2D eigenvalue weighted by atomic mass is 10.0. The minimum absolute atomic E-state index is 0.0143. The maximum Gasteiger partial charge on any atom is 0.408 e. The third-order valence-electron chi connectivity index (χ3n) is 3.52. The zero-order valence-electron chi connectivity index (χ0n) is 17.3. The van der Waals surface area contributed by atoms with E-state index < -0.39 is 11.7 Å². The molecule has 1 N–H and O–H groups in total. The van der Waals surface area contributed by atoms with Crippen LogP contribution in [0.5, 0.6) is 0 Å². The van der Waals surface area contributed by atoms with E-state index in [1.165, 1.54) is 23.1 Å². The molecule has 0 saturated heterocycles. The Hall–Kier alpha value is -1.88. The van der Waals surface area contributed by atoms with Gasteiger partial charge in [0.2, 0.25) is 10.9 Å². The molecule has 28 heavy (non-hydrogen) atoms. The lowest BCUT2D eigenvalue weighted by molar-refractivity contribution is -0.125. The number of amides is 2. The number of alkyl carbamates (subject to hydrolysis) is 1. The summed E-state index contributed by atoms with van der Waals surface area (Å²) in [6.07, 6.45) is 0.162. The maximum atomic E-state index is 12.3. The lowest BCUT2D eigenvalue weighted by Crippen LogP contribution is -2.36. The van der Waals surface area contributed by atoms with Crippen molar-refractivity contribution in [3.63, 3.8) is 0 Å². The van der Waals surface area contributed by atoms with Crippen molar-refractivity contribution in [2.24, 2.45) is 5.92 Å². The minimum atomic E-state index is -0.587. The lowest BCUT2D eigenvalue weighted by Gasteiger charge is -2.23. The largest absolute Gasteiger partial charge is 0.444 e. The molecule has 1 atom stereocenters. The molecule has 0 radical (unpaired) electrons. The Kier molecular flexibility index (Phi) is 7.27. The molecule has 11 heteroatoms. The van der Waals surface area contributed by atoms with Crippen molar-refractivity contribution in [1.29, 1.82) is 0 Å². The average Bonchev–Trinajstić information content (AvgIpc) is 3.09. The van der Waals surface area contributed by atoms with Gasteiger partial charge in [-0.25, -0.2) is 4.79 Å². The quantitative estimate of drug-likeness (QED) is 0.676. The van der Waals surface area contributed by atoms with E-state index in [0.29, 0.717) is 28.9 Å². The number of hydrogen-bond donors (Lipinski definition) is 1. The first-order valence-corrected chi connectivity index (χ1v) is 10.8. The number of rotatable bonds is 7. The first kappa shape index (κ1) is 22.4. The second kappa shape index (κ2) is 9.08. The minimum Gasteiger partial charge on any atom is -0.444 e. The summed E-state index contributed by atoms with van der Waals surface area (Å²) in [7, 11) is 3.44. The van der Waals surface area contributed by atoms with E-state index in [2.05, 4.69) is 34.5 Å².